The Kier molecular flexibility index (Phi) is 2.39. The number of hydrogen-bond donors (Lipinski definition) is 1. The van der Waals surface area contributed by atoms with Crippen molar-refractivity contribution < 1.29 is 4.52 Å². The molecule has 1 aliphatic rings. The van der Waals surface area contributed by atoms with E-state index in [1.807, 2.05) is 0 Å². The molecule has 0 aliphatic heterocycles. The van der Waals surface area contributed by atoms with Gasteiger partial charge in [0.1, 0.15) is 5.76 Å². The predicted octanol–water partition coefficient (Wildman–Crippen LogP) is 3.18. The van der Waals surface area contributed by atoms with Gasteiger partial charge in [0.25, 0.3) is 0 Å². The Morgan fingerprint density at radius 2 is 2.00 bits per heavy atom. The molecule has 2 aromatic rings. The normalized spacial score (nSPS) is 15.1. The first-order valence-corrected chi connectivity index (χ1v) is 6.05. The summed E-state index contributed by atoms with van der Waals surface area (Å²) in [5.41, 5.74) is 9.23. The van der Waals surface area contributed by atoms with Crippen molar-refractivity contribution in [2.45, 2.75) is 26.2 Å². The van der Waals surface area contributed by atoms with Gasteiger partial charge < -0.3 is 10.3 Å². The standard InChI is InChI=1S/C14H16N2O/c1-9-2-6-11(7-3-9)13-12(8-10-4-5-10)17-16-14(13)15/h2-3,6-7,10H,4-5,8H2,1H3,(H2,15,16). The second-order valence-electron chi connectivity index (χ2n) is 4.88. The highest BCUT2D eigenvalue weighted by molar-refractivity contribution is 5.75. The zero-order chi connectivity index (χ0) is 11.8. The van der Waals surface area contributed by atoms with Crippen molar-refractivity contribution in [2.24, 2.45) is 5.92 Å². The van der Waals surface area contributed by atoms with E-state index in [4.69, 9.17) is 10.3 Å². The van der Waals surface area contributed by atoms with Crippen molar-refractivity contribution in [1.29, 1.82) is 0 Å². The summed E-state index contributed by atoms with van der Waals surface area (Å²) >= 11 is 0. The summed E-state index contributed by atoms with van der Waals surface area (Å²) in [5.74, 6) is 2.21. The zero-order valence-corrected chi connectivity index (χ0v) is 9.94. The minimum absolute atomic E-state index is 0.504. The number of nitrogens with two attached hydrogens (primary N) is 1. The van der Waals surface area contributed by atoms with Gasteiger partial charge >= 0.3 is 0 Å². The lowest BCUT2D eigenvalue weighted by Crippen LogP contribution is -1.92. The van der Waals surface area contributed by atoms with E-state index in [2.05, 4.69) is 36.3 Å². The van der Waals surface area contributed by atoms with Gasteiger partial charge in [-0.15, -0.1) is 0 Å². The van der Waals surface area contributed by atoms with Gasteiger partial charge in [0.15, 0.2) is 5.82 Å². The molecule has 0 spiro atoms. The van der Waals surface area contributed by atoms with Gasteiger partial charge in [0, 0.05) is 6.42 Å². The highest BCUT2D eigenvalue weighted by Gasteiger charge is 2.26. The zero-order valence-electron chi connectivity index (χ0n) is 9.94. The largest absolute Gasteiger partial charge is 0.380 e. The topological polar surface area (TPSA) is 52.0 Å². The van der Waals surface area contributed by atoms with E-state index < -0.39 is 0 Å². The first-order chi connectivity index (χ1) is 8.24. The van der Waals surface area contributed by atoms with Crippen LogP contribution < -0.4 is 5.73 Å². The molecule has 0 unspecified atom stereocenters. The van der Waals surface area contributed by atoms with Crippen LogP contribution in [-0.4, -0.2) is 5.16 Å². The molecule has 88 valence electrons. The van der Waals surface area contributed by atoms with E-state index in [-0.39, 0.29) is 0 Å². The van der Waals surface area contributed by atoms with Gasteiger partial charge in [0.05, 0.1) is 5.56 Å². The van der Waals surface area contributed by atoms with E-state index in [0.29, 0.717) is 5.82 Å². The smallest absolute Gasteiger partial charge is 0.175 e. The van der Waals surface area contributed by atoms with Crippen molar-refractivity contribution in [3.63, 3.8) is 0 Å². The molecule has 1 fully saturated rings. The fourth-order valence-corrected chi connectivity index (χ4v) is 2.09. The van der Waals surface area contributed by atoms with Crippen LogP contribution in [0.15, 0.2) is 28.8 Å². The average molecular weight is 228 g/mol. The maximum absolute atomic E-state index is 5.90. The van der Waals surface area contributed by atoms with Crippen molar-refractivity contribution in [2.75, 3.05) is 5.73 Å². The Morgan fingerprint density at radius 3 is 2.65 bits per heavy atom. The Morgan fingerprint density at radius 1 is 1.29 bits per heavy atom. The second-order valence-corrected chi connectivity index (χ2v) is 4.88. The number of aromatic nitrogens is 1. The van der Waals surface area contributed by atoms with Crippen LogP contribution in [0.1, 0.15) is 24.2 Å². The second kappa shape index (κ2) is 3.91. The van der Waals surface area contributed by atoms with E-state index in [1.54, 1.807) is 0 Å². The van der Waals surface area contributed by atoms with Gasteiger partial charge in [-0.3, -0.25) is 0 Å². The van der Waals surface area contributed by atoms with E-state index in [1.165, 1.54) is 18.4 Å². The van der Waals surface area contributed by atoms with Gasteiger partial charge in [-0.25, -0.2) is 0 Å². The lowest BCUT2D eigenvalue weighted by atomic mass is 10.0. The summed E-state index contributed by atoms with van der Waals surface area (Å²) in [4.78, 5) is 0. The molecule has 2 N–H and O–H groups in total. The molecule has 0 amide bonds. The maximum atomic E-state index is 5.90. The molecule has 3 heteroatoms. The van der Waals surface area contributed by atoms with Crippen LogP contribution >= 0.6 is 0 Å². The van der Waals surface area contributed by atoms with E-state index >= 15 is 0 Å². The Bertz CT molecular complexity index is 524. The van der Waals surface area contributed by atoms with Crippen LogP contribution in [0.25, 0.3) is 11.1 Å². The van der Waals surface area contributed by atoms with Crippen molar-refractivity contribution in [3.05, 3.63) is 35.6 Å². The van der Waals surface area contributed by atoms with Crippen molar-refractivity contribution in [1.82, 2.24) is 5.16 Å². The van der Waals surface area contributed by atoms with Crippen molar-refractivity contribution >= 4 is 5.82 Å². The highest BCUT2D eigenvalue weighted by atomic mass is 16.5. The molecule has 1 aliphatic carbocycles. The molecule has 1 aromatic carbocycles. The molecule has 0 radical (unpaired) electrons. The Hall–Kier alpha value is -1.77. The third-order valence-corrected chi connectivity index (χ3v) is 3.30. The van der Waals surface area contributed by atoms with Crippen LogP contribution in [-0.2, 0) is 6.42 Å². The van der Waals surface area contributed by atoms with Crippen LogP contribution in [0.3, 0.4) is 0 Å². The van der Waals surface area contributed by atoms with Crippen LogP contribution in [0.2, 0.25) is 0 Å². The monoisotopic (exact) mass is 228 g/mol. The number of hydrogen-bond acceptors (Lipinski definition) is 3. The van der Waals surface area contributed by atoms with Gasteiger partial charge in [-0.1, -0.05) is 35.0 Å². The number of benzene rings is 1. The molecule has 0 bridgehead atoms. The summed E-state index contributed by atoms with van der Waals surface area (Å²) in [5, 5.41) is 3.90. The third kappa shape index (κ3) is 2.05. The molecular weight excluding hydrogens is 212 g/mol. The van der Waals surface area contributed by atoms with Crippen LogP contribution in [0.5, 0.6) is 0 Å². The molecule has 0 atom stereocenters. The molecular formula is C14H16N2O. The summed E-state index contributed by atoms with van der Waals surface area (Å²) in [7, 11) is 0. The first kappa shape index (κ1) is 10.4. The number of anilines is 1. The van der Waals surface area contributed by atoms with E-state index in [9.17, 15) is 0 Å². The number of nitrogen functional groups attached to an aromatic ring is 1. The molecule has 0 saturated heterocycles. The Labute approximate surface area is 101 Å². The third-order valence-electron chi connectivity index (χ3n) is 3.30. The number of rotatable bonds is 3. The van der Waals surface area contributed by atoms with Crippen molar-refractivity contribution in [3.8, 4) is 11.1 Å². The lowest BCUT2D eigenvalue weighted by molar-refractivity contribution is 0.381. The summed E-state index contributed by atoms with van der Waals surface area (Å²) in [6.45, 7) is 2.08. The summed E-state index contributed by atoms with van der Waals surface area (Å²) < 4.78 is 5.36. The first-order valence-electron chi connectivity index (χ1n) is 6.05. The lowest BCUT2D eigenvalue weighted by Gasteiger charge is -2.02. The number of nitrogens with zero attached hydrogens (tertiary/aromatic N) is 1. The SMILES string of the molecule is Cc1ccc(-c2c(N)noc2CC2CC2)cc1. The molecule has 3 nitrogen and oxygen atoms in total. The number of aryl methyl sites for hydroxylation is 1. The highest BCUT2D eigenvalue weighted by Crippen LogP contribution is 2.37. The fourth-order valence-electron chi connectivity index (χ4n) is 2.09. The maximum Gasteiger partial charge on any atom is 0.175 e. The quantitative estimate of drug-likeness (QED) is 0.877. The molecule has 1 saturated carbocycles. The molecule has 1 aromatic heterocycles. The average Bonchev–Trinajstić information content (AvgIpc) is 3.05. The molecule has 3 rings (SSSR count). The van der Waals surface area contributed by atoms with Gasteiger partial charge in [-0.2, -0.15) is 0 Å². The molecule has 17 heavy (non-hydrogen) atoms. The van der Waals surface area contributed by atoms with Gasteiger partial charge in [-0.05, 0) is 31.2 Å². The fraction of sp³-hybridized carbons (Fsp3) is 0.357. The van der Waals surface area contributed by atoms with Gasteiger partial charge in [0.2, 0.25) is 0 Å². The minimum Gasteiger partial charge on any atom is -0.380 e. The predicted molar refractivity (Wildman–Crippen MR) is 67.5 cm³/mol. The van der Waals surface area contributed by atoms with E-state index in [0.717, 1.165) is 29.2 Å². The van der Waals surface area contributed by atoms with Crippen LogP contribution in [0.4, 0.5) is 5.82 Å². The molecule has 1 heterocycles. The summed E-state index contributed by atoms with van der Waals surface area (Å²) in [6, 6.07) is 8.33. The summed E-state index contributed by atoms with van der Waals surface area (Å²) in [6.07, 6.45) is 3.56. The Balaban J connectivity index is 1.99. The minimum atomic E-state index is 0.504. The van der Waals surface area contributed by atoms with Crippen LogP contribution in [0, 0.1) is 12.8 Å².